The molecule has 4 nitrogen and oxygen atoms in total. The highest BCUT2D eigenvalue weighted by Crippen LogP contribution is 2.33. The summed E-state index contributed by atoms with van der Waals surface area (Å²) in [5, 5.41) is 0. The Balaban J connectivity index is 1.69. The molecule has 0 aliphatic carbocycles. The number of aromatic nitrogens is 2. The Bertz CT molecular complexity index is 885. The average Bonchev–Trinajstić information content (AvgIpc) is 3.21. The molecule has 0 bridgehead atoms. The van der Waals surface area contributed by atoms with Crippen molar-refractivity contribution in [3.8, 4) is 0 Å². The zero-order valence-electron chi connectivity index (χ0n) is 14.6. The van der Waals surface area contributed by atoms with E-state index in [9.17, 15) is 4.79 Å². The van der Waals surface area contributed by atoms with Gasteiger partial charge in [0.25, 0.3) is 0 Å². The molecule has 3 aromatic rings. The topological polar surface area (TPSA) is 38.1 Å². The molecular weight excluding hydrogens is 310 g/mol. The Morgan fingerprint density at radius 1 is 1.08 bits per heavy atom. The molecule has 0 N–H and O–H groups in total. The standard InChI is InChI=1S/C21H23N3O/c1-2-3-13-23-19-12-8-7-11-18(19)22-21(23)16-14-20(25)24(15-16)17-9-5-4-6-10-17/h4-12,16H,2-3,13-15H2,1H3/t16-/m0/s1. The van der Waals surface area contributed by atoms with E-state index in [4.69, 9.17) is 4.98 Å². The summed E-state index contributed by atoms with van der Waals surface area (Å²) in [4.78, 5) is 19.4. The van der Waals surface area contributed by atoms with E-state index in [0.29, 0.717) is 13.0 Å². The third-order valence-electron chi connectivity index (χ3n) is 4.98. The van der Waals surface area contributed by atoms with Crippen LogP contribution in [0, 0.1) is 0 Å². The van der Waals surface area contributed by atoms with Gasteiger partial charge in [-0.15, -0.1) is 0 Å². The van der Waals surface area contributed by atoms with Gasteiger partial charge in [-0.25, -0.2) is 4.98 Å². The number of para-hydroxylation sites is 3. The van der Waals surface area contributed by atoms with E-state index in [1.165, 1.54) is 5.52 Å². The van der Waals surface area contributed by atoms with Crippen molar-refractivity contribution in [2.75, 3.05) is 11.4 Å². The molecule has 0 unspecified atom stereocenters. The lowest BCUT2D eigenvalue weighted by Gasteiger charge is -2.17. The quantitative estimate of drug-likeness (QED) is 0.696. The van der Waals surface area contributed by atoms with Gasteiger partial charge in [0.1, 0.15) is 5.82 Å². The van der Waals surface area contributed by atoms with Crippen molar-refractivity contribution in [3.05, 3.63) is 60.4 Å². The number of imidazole rings is 1. The SMILES string of the molecule is CCCCn1c([C@H]2CC(=O)N(c3ccccc3)C2)nc2ccccc21. The van der Waals surface area contributed by atoms with Crippen molar-refractivity contribution in [1.82, 2.24) is 9.55 Å². The summed E-state index contributed by atoms with van der Waals surface area (Å²) in [5.41, 5.74) is 3.18. The number of carbonyl (C=O) groups is 1. The third kappa shape index (κ3) is 2.93. The minimum atomic E-state index is 0.150. The molecule has 25 heavy (non-hydrogen) atoms. The largest absolute Gasteiger partial charge is 0.328 e. The Morgan fingerprint density at radius 2 is 1.84 bits per heavy atom. The molecule has 0 radical (unpaired) electrons. The molecule has 2 heterocycles. The highest BCUT2D eigenvalue weighted by Gasteiger charge is 2.34. The van der Waals surface area contributed by atoms with Gasteiger partial charge in [-0.2, -0.15) is 0 Å². The molecule has 4 heteroatoms. The number of fused-ring (bicyclic) bond motifs is 1. The highest BCUT2D eigenvalue weighted by molar-refractivity contribution is 5.96. The summed E-state index contributed by atoms with van der Waals surface area (Å²) < 4.78 is 2.32. The third-order valence-corrected chi connectivity index (χ3v) is 4.98. The van der Waals surface area contributed by atoms with Crippen LogP contribution in [0.15, 0.2) is 54.6 Å². The number of unbranched alkanes of at least 4 members (excludes halogenated alkanes) is 1. The summed E-state index contributed by atoms with van der Waals surface area (Å²) in [6.45, 7) is 3.87. The number of hydrogen-bond donors (Lipinski definition) is 0. The van der Waals surface area contributed by atoms with Crippen LogP contribution in [0.3, 0.4) is 0 Å². The van der Waals surface area contributed by atoms with Crippen molar-refractivity contribution in [3.63, 3.8) is 0 Å². The van der Waals surface area contributed by atoms with Gasteiger partial charge >= 0.3 is 0 Å². The second-order valence-electron chi connectivity index (χ2n) is 6.70. The number of aryl methyl sites for hydroxylation is 1. The van der Waals surface area contributed by atoms with Crippen LogP contribution in [-0.4, -0.2) is 22.0 Å². The molecule has 1 saturated heterocycles. The summed E-state index contributed by atoms with van der Waals surface area (Å²) in [6.07, 6.45) is 2.80. The second kappa shape index (κ2) is 6.71. The predicted molar refractivity (Wildman–Crippen MR) is 101 cm³/mol. The molecular formula is C21H23N3O. The van der Waals surface area contributed by atoms with Crippen LogP contribution in [0.5, 0.6) is 0 Å². The minimum absolute atomic E-state index is 0.150. The number of hydrogen-bond acceptors (Lipinski definition) is 2. The van der Waals surface area contributed by atoms with E-state index in [2.05, 4.69) is 29.7 Å². The molecule has 1 amide bonds. The first-order valence-corrected chi connectivity index (χ1v) is 9.08. The first-order chi connectivity index (χ1) is 12.3. The van der Waals surface area contributed by atoms with Crippen LogP contribution < -0.4 is 4.90 Å². The maximum absolute atomic E-state index is 12.6. The molecule has 0 saturated carbocycles. The van der Waals surface area contributed by atoms with Crippen LogP contribution in [0.4, 0.5) is 5.69 Å². The first kappa shape index (κ1) is 15.9. The van der Waals surface area contributed by atoms with E-state index in [0.717, 1.165) is 36.4 Å². The molecule has 1 aliphatic rings. The number of rotatable bonds is 5. The zero-order valence-corrected chi connectivity index (χ0v) is 14.6. The number of anilines is 1. The van der Waals surface area contributed by atoms with Crippen LogP contribution >= 0.6 is 0 Å². The van der Waals surface area contributed by atoms with E-state index >= 15 is 0 Å². The summed E-state index contributed by atoms with van der Waals surface area (Å²) in [5.74, 6) is 1.39. The second-order valence-corrected chi connectivity index (χ2v) is 6.70. The van der Waals surface area contributed by atoms with Gasteiger partial charge in [0.15, 0.2) is 0 Å². The molecule has 0 spiro atoms. The lowest BCUT2D eigenvalue weighted by Crippen LogP contribution is -2.24. The van der Waals surface area contributed by atoms with E-state index < -0.39 is 0 Å². The Morgan fingerprint density at radius 3 is 2.64 bits per heavy atom. The fourth-order valence-electron chi connectivity index (χ4n) is 3.70. The molecule has 1 aliphatic heterocycles. The van der Waals surface area contributed by atoms with Crippen molar-refractivity contribution >= 4 is 22.6 Å². The van der Waals surface area contributed by atoms with Crippen molar-refractivity contribution in [2.45, 2.75) is 38.6 Å². The summed E-state index contributed by atoms with van der Waals surface area (Å²) >= 11 is 0. The Kier molecular flexibility index (Phi) is 4.26. The Labute approximate surface area is 148 Å². The summed E-state index contributed by atoms with van der Waals surface area (Å²) in [6, 6.07) is 18.2. The van der Waals surface area contributed by atoms with Crippen molar-refractivity contribution in [2.24, 2.45) is 0 Å². The monoisotopic (exact) mass is 333 g/mol. The number of nitrogens with zero attached hydrogens (tertiary/aromatic N) is 3. The zero-order chi connectivity index (χ0) is 17.2. The maximum Gasteiger partial charge on any atom is 0.227 e. The normalized spacial score (nSPS) is 17.6. The van der Waals surface area contributed by atoms with Crippen LogP contribution in [0.2, 0.25) is 0 Å². The lowest BCUT2D eigenvalue weighted by molar-refractivity contribution is -0.117. The van der Waals surface area contributed by atoms with Gasteiger partial charge < -0.3 is 9.47 Å². The van der Waals surface area contributed by atoms with Crippen LogP contribution in [-0.2, 0) is 11.3 Å². The molecule has 4 rings (SSSR count). The highest BCUT2D eigenvalue weighted by atomic mass is 16.2. The lowest BCUT2D eigenvalue weighted by atomic mass is 10.1. The van der Waals surface area contributed by atoms with Crippen molar-refractivity contribution < 1.29 is 4.79 Å². The summed E-state index contributed by atoms with van der Waals surface area (Å²) in [7, 11) is 0. The van der Waals surface area contributed by atoms with Gasteiger partial charge in [0, 0.05) is 31.1 Å². The van der Waals surface area contributed by atoms with E-state index in [1.54, 1.807) is 0 Å². The van der Waals surface area contributed by atoms with Crippen molar-refractivity contribution in [1.29, 1.82) is 0 Å². The van der Waals surface area contributed by atoms with Gasteiger partial charge in [0.2, 0.25) is 5.91 Å². The number of amides is 1. The maximum atomic E-state index is 12.6. The van der Waals surface area contributed by atoms with Gasteiger partial charge in [0.05, 0.1) is 11.0 Å². The van der Waals surface area contributed by atoms with Gasteiger partial charge in [-0.05, 0) is 30.7 Å². The average molecular weight is 333 g/mol. The first-order valence-electron chi connectivity index (χ1n) is 9.08. The molecule has 128 valence electrons. The smallest absolute Gasteiger partial charge is 0.227 e. The fraction of sp³-hybridized carbons (Fsp3) is 0.333. The fourth-order valence-corrected chi connectivity index (χ4v) is 3.70. The van der Waals surface area contributed by atoms with Crippen LogP contribution in [0.25, 0.3) is 11.0 Å². The minimum Gasteiger partial charge on any atom is -0.328 e. The molecule has 1 atom stereocenters. The van der Waals surface area contributed by atoms with Crippen LogP contribution in [0.1, 0.15) is 37.9 Å². The molecule has 2 aromatic carbocycles. The van der Waals surface area contributed by atoms with E-state index in [1.807, 2.05) is 41.3 Å². The Hall–Kier alpha value is -2.62. The van der Waals surface area contributed by atoms with Gasteiger partial charge in [-0.1, -0.05) is 43.7 Å². The molecule has 1 fully saturated rings. The number of benzene rings is 2. The predicted octanol–water partition coefficient (Wildman–Crippen LogP) is 4.36. The van der Waals surface area contributed by atoms with Gasteiger partial charge in [-0.3, -0.25) is 4.79 Å². The number of carbonyl (C=O) groups excluding carboxylic acids is 1. The van der Waals surface area contributed by atoms with E-state index in [-0.39, 0.29) is 11.8 Å². The molecule has 1 aromatic heterocycles.